The SMILES string of the molecule is O=C1NC(=S)SC1=Cc1ccc2c(c1)N(C(=O)c1ccc3c(c1)OC(F)(F)O3)CCO2. The summed E-state index contributed by atoms with van der Waals surface area (Å²) in [5.74, 6) is -0.543. The van der Waals surface area contributed by atoms with E-state index in [-0.39, 0.29) is 36.1 Å². The van der Waals surface area contributed by atoms with E-state index in [2.05, 4.69) is 14.8 Å². The van der Waals surface area contributed by atoms with Crippen LogP contribution in [0.4, 0.5) is 14.5 Å². The minimum Gasteiger partial charge on any atom is -0.490 e. The van der Waals surface area contributed by atoms with Gasteiger partial charge in [-0.2, -0.15) is 0 Å². The highest BCUT2D eigenvalue weighted by molar-refractivity contribution is 8.26. The van der Waals surface area contributed by atoms with Gasteiger partial charge in [0.05, 0.1) is 17.1 Å². The number of fused-ring (bicyclic) bond motifs is 2. The molecule has 0 radical (unpaired) electrons. The number of ether oxygens (including phenoxy) is 3. The molecule has 158 valence electrons. The molecule has 1 N–H and O–H groups in total. The van der Waals surface area contributed by atoms with Crippen molar-refractivity contribution in [2.24, 2.45) is 0 Å². The number of rotatable bonds is 2. The van der Waals surface area contributed by atoms with E-state index >= 15 is 0 Å². The molecule has 0 aromatic heterocycles. The number of thiocarbonyl (C=S) groups is 1. The number of anilines is 1. The van der Waals surface area contributed by atoms with E-state index in [0.29, 0.717) is 26.2 Å². The van der Waals surface area contributed by atoms with Crippen LogP contribution in [0.25, 0.3) is 6.08 Å². The summed E-state index contributed by atoms with van der Waals surface area (Å²) >= 11 is 6.15. The number of alkyl halides is 2. The van der Waals surface area contributed by atoms with E-state index in [4.69, 9.17) is 17.0 Å². The molecule has 1 fully saturated rings. The van der Waals surface area contributed by atoms with Crippen molar-refractivity contribution >= 4 is 51.9 Å². The van der Waals surface area contributed by atoms with Crippen LogP contribution in [-0.2, 0) is 4.79 Å². The number of nitrogens with zero attached hydrogens (tertiary/aromatic N) is 1. The summed E-state index contributed by atoms with van der Waals surface area (Å²) in [6.07, 6.45) is -2.09. The second kappa shape index (κ2) is 7.20. The molecule has 3 aliphatic heterocycles. The van der Waals surface area contributed by atoms with E-state index in [1.165, 1.54) is 23.1 Å². The molecule has 31 heavy (non-hydrogen) atoms. The van der Waals surface area contributed by atoms with Crippen molar-refractivity contribution in [3.63, 3.8) is 0 Å². The van der Waals surface area contributed by atoms with Crippen molar-refractivity contribution in [2.75, 3.05) is 18.1 Å². The number of hydrogen-bond acceptors (Lipinski definition) is 7. The van der Waals surface area contributed by atoms with Crippen molar-refractivity contribution in [3.8, 4) is 17.2 Å². The van der Waals surface area contributed by atoms with Crippen molar-refractivity contribution < 1.29 is 32.6 Å². The van der Waals surface area contributed by atoms with E-state index in [0.717, 1.165) is 11.8 Å². The predicted octanol–water partition coefficient (Wildman–Crippen LogP) is 3.54. The average molecular weight is 462 g/mol. The van der Waals surface area contributed by atoms with Crippen molar-refractivity contribution in [2.45, 2.75) is 6.29 Å². The van der Waals surface area contributed by atoms with Gasteiger partial charge in [0.2, 0.25) is 0 Å². The minimum atomic E-state index is -3.76. The summed E-state index contributed by atoms with van der Waals surface area (Å²) in [7, 11) is 0. The molecule has 3 aliphatic rings. The quantitative estimate of drug-likeness (QED) is 0.541. The number of carbonyl (C=O) groups excluding carboxylic acids is 2. The maximum atomic E-state index is 13.3. The molecule has 3 heterocycles. The fraction of sp³-hybridized carbons (Fsp3) is 0.150. The molecule has 2 aromatic carbocycles. The van der Waals surface area contributed by atoms with Crippen LogP contribution in [0.2, 0.25) is 0 Å². The highest BCUT2D eigenvalue weighted by atomic mass is 32.2. The Balaban J connectivity index is 1.46. The van der Waals surface area contributed by atoms with E-state index in [9.17, 15) is 18.4 Å². The molecular weight excluding hydrogens is 450 g/mol. The molecule has 0 aliphatic carbocycles. The zero-order chi connectivity index (χ0) is 21.8. The van der Waals surface area contributed by atoms with E-state index < -0.39 is 12.2 Å². The predicted molar refractivity (Wildman–Crippen MR) is 113 cm³/mol. The van der Waals surface area contributed by atoms with Gasteiger partial charge in [-0.15, -0.1) is 8.78 Å². The smallest absolute Gasteiger partial charge is 0.490 e. The minimum absolute atomic E-state index is 0.136. The van der Waals surface area contributed by atoms with E-state index in [1.54, 1.807) is 24.3 Å². The maximum absolute atomic E-state index is 13.3. The van der Waals surface area contributed by atoms with Crippen LogP contribution < -0.4 is 24.4 Å². The third-order valence-electron chi connectivity index (χ3n) is 4.68. The first-order chi connectivity index (χ1) is 14.8. The fourth-order valence-electron chi connectivity index (χ4n) is 3.35. The molecule has 0 unspecified atom stereocenters. The van der Waals surface area contributed by atoms with Gasteiger partial charge in [0, 0.05) is 5.56 Å². The lowest BCUT2D eigenvalue weighted by Crippen LogP contribution is -2.38. The third-order valence-corrected chi connectivity index (χ3v) is 5.84. The van der Waals surface area contributed by atoms with Crippen molar-refractivity contribution in [1.82, 2.24) is 5.32 Å². The number of carbonyl (C=O) groups is 2. The highest BCUT2D eigenvalue weighted by Crippen LogP contribution is 2.42. The summed E-state index contributed by atoms with van der Waals surface area (Å²) < 4.78 is 41.4. The zero-order valence-corrected chi connectivity index (χ0v) is 17.1. The lowest BCUT2D eigenvalue weighted by Gasteiger charge is -2.30. The molecule has 2 aromatic rings. The normalized spacial score (nSPS) is 19.8. The molecule has 5 rings (SSSR count). The van der Waals surface area contributed by atoms with Gasteiger partial charge in [-0.1, -0.05) is 30.0 Å². The maximum Gasteiger partial charge on any atom is 0.586 e. The summed E-state index contributed by atoms with van der Waals surface area (Å²) in [5, 5.41) is 2.55. The number of nitrogens with one attached hydrogen (secondary N) is 1. The van der Waals surface area contributed by atoms with Gasteiger partial charge in [-0.3, -0.25) is 9.59 Å². The first kappa shape index (κ1) is 19.8. The second-order valence-electron chi connectivity index (χ2n) is 6.71. The Morgan fingerprint density at radius 2 is 1.94 bits per heavy atom. The largest absolute Gasteiger partial charge is 0.586 e. The van der Waals surface area contributed by atoms with Crippen LogP contribution in [-0.4, -0.2) is 35.6 Å². The monoisotopic (exact) mass is 462 g/mol. The van der Waals surface area contributed by atoms with Gasteiger partial charge in [0.15, 0.2) is 11.5 Å². The van der Waals surface area contributed by atoms with Crippen LogP contribution in [0.3, 0.4) is 0 Å². The first-order valence-corrected chi connectivity index (χ1v) is 10.2. The molecule has 0 bridgehead atoms. The number of hydrogen-bond donors (Lipinski definition) is 1. The van der Waals surface area contributed by atoms with Gasteiger partial charge in [0.25, 0.3) is 11.8 Å². The molecule has 2 amide bonds. The first-order valence-electron chi connectivity index (χ1n) is 9.02. The number of benzene rings is 2. The Kier molecular flexibility index (Phi) is 4.59. The molecule has 0 spiro atoms. The molecule has 0 saturated carbocycles. The van der Waals surface area contributed by atoms with Gasteiger partial charge in [0.1, 0.15) is 16.7 Å². The topological polar surface area (TPSA) is 77.1 Å². The summed E-state index contributed by atoms with van der Waals surface area (Å²) in [6.45, 7) is 0.532. The van der Waals surface area contributed by atoms with Crippen LogP contribution in [0.5, 0.6) is 17.2 Å². The van der Waals surface area contributed by atoms with Gasteiger partial charge >= 0.3 is 6.29 Å². The number of halogens is 2. The van der Waals surface area contributed by atoms with Crippen LogP contribution in [0.15, 0.2) is 41.3 Å². The van der Waals surface area contributed by atoms with Crippen molar-refractivity contribution in [3.05, 3.63) is 52.4 Å². The Bertz CT molecular complexity index is 1180. The lowest BCUT2D eigenvalue weighted by molar-refractivity contribution is -0.286. The Morgan fingerprint density at radius 3 is 2.71 bits per heavy atom. The fourth-order valence-corrected chi connectivity index (χ4v) is 4.39. The highest BCUT2D eigenvalue weighted by Gasteiger charge is 2.43. The summed E-state index contributed by atoms with van der Waals surface area (Å²) in [6, 6.07) is 9.07. The zero-order valence-electron chi connectivity index (χ0n) is 15.5. The van der Waals surface area contributed by atoms with E-state index in [1.807, 2.05) is 0 Å². The molecule has 1 saturated heterocycles. The Labute approximate surface area is 183 Å². The Morgan fingerprint density at radius 1 is 1.16 bits per heavy atom. The van der Waals surface area contributed by atoms with Gasteiger partial charge < -0.3 is 24.4 Å². The second-order valence-corrected chi connectivity index (χ2v) is 8.43. The summed E-state index contributed by atoms with van der Waals surface area (Å²) in [4.78, 5) is 27.0. The molecule has 7 nitrogen and oxygen atoms in total. The summed E-state index contributed by atoms with van der Waals surface area (Å²) in [5.41, 5.74) is 1.34. The third kappa shape index (κ3) is 3.70. The number of thioether (sulfide) groups is 1. The number of amides is 2. The average Bonchev–Trinajstić information content (AvgIpc) is 3.21. The van der Waals surface area contributed by atoms with Crippen LogP contribution in [0.1, 0.15) is 15.9 Å². The van der Waals surface area contributed by atoms with Crippen LogP contribution in [0, 0.1) is 0 Å². The van der Waals surface area contributed by atoms with Crippen LogP contribution >= 0.6 is 24.0 Å². The molecular formula is C20H12F2N2O5S2. The van der Waals surface area contributed by atoms with Gasteiger partial charge in [-0.05, 0) is 42.0 Å². The van der Waals surface area contributed by atoms with Gasteiger partial charge in [-0.25, -0.2) is 0 Å². The lowest BCUT2D eigenvalue weighted by atomic mass is 10.1. The molecule has 0 atom stereocenters. The standard InChI is InChI=1S/C20H12F2N2O5S2/c21-20(22)28-14-4-2-11(9-15(14)29-20)18(26)24-5-6-27-13-3-1-10(7-12(13)24)8-16-17(25)23-19(30)31-16/h1-4,7-9H,5-6H2,(H,23,25,30). The Hall–Kier alpha value is -3.18. The van der Waals surface area contributed by atoms with Crippen molar-refractivity contribution in [1.29, 1.82) is 0 Å². The molecule has 11 heteroatoms.